The molecule has 0 amide bonds. The number of benzene rings is 1. The maximum absolute atomic E-state index is 5.78. The summed E-state index contributed by atoms with van der Waals surface area (Å²) in [5.41, 5.74) is 7.67. The summed E-state index contributed by atoms with van der Waals surface area (Å²) in [5, 5.41) is 0. The Balaban J connectivity index is 2.04. The number of imidazole rings is 1. The molecule has 0 aliphatic rings. The predicted molar refractivity (Wildman–Crippen MR) is 71.5 cm³/mol. The Kier molecular flexibility index (Phi) is 3.99. The van der Waals surface area contributed by atoms with Gasteiger partial charge in [0.2, 0.25) is 0 Å². The maximum Gasteiger partial charge on any atom is 0.146 e. The van der Waals surface area contributed by atoms with Crippen LogP contribution in [0.3, 0.4) is 0 Å². The van der Waals surface area contributed by atoms with E-state index in [-0.39, 0.29) is 0 Å². The number of rotatable bonds is 5. The summed E-state index contributed by atoms with van der Waals surface area (Å²) in [6, 6.07) is 7.98. The van der Waals surface area contributed by atoms with Crippen molar-refractivity contribution in [1.82, 2.24) is 9.55 Å². The van der Waals surface area contributed by atoms with E-state index < -0.39 is 0 Å². The highest BCUT2D eigenvalue weighted by Crippen LogP contribution is 2.17. The molecule has 0 aliphatic heterocycles. The van der Waals surface area contributed by atoms with Crippen molar-refractivity contribution in [3.8, 4) is 5.75 Å². The van der Waals surface area contributed by atoms with Crippen LogP contribution in [0.4, 0.5) is 0 Å². The highest BCUT2D eigenvalue weighted by atomic mass is 16.5. The van der Waals surface area contributed by atoms with Gasteiger partial charge in [0.15, 0.2) is 0 Å². The minimum Gasteiger partial charge on any atom is -0.485 e. The monoisotopic (exact) mass is 245 g/mol. The van der Waals surface area contributed by atoms with Gasteiger partial charge in [0.25, 0.3) is 0 Å². The first-order valence-electron chi connectivity index (χ1n) is 6.10. The Labute approximate surface area is 107 Å². The van der Waals surface area contributed by atoms with Gasteiger partial charge in [-0.2, -0.15) is 0 Å². The van der Waals surface area contributed by atoms with E-state index in [4.69, 9.17) is 10.5 Å². The summed E-state index contributed by atoms with van der Waals surface area (Å²) in [4.78, 5) is 4.50. The molecule has 4 nitrogen and oxygen atoms in total. The molecule has 0 fully saturated rings. The Morgan fingerprint density at radius 3 is 2.83 bits per heavy atom. The molecule has 4 heteroatoms. The third-order valence-corrected chi connectivity index (χ3v) is 2.87. The molecule has 2 rings (SSSR count). The second kappa shape index (κ2) is 5.69. The van der Waals surface area contributed by atoms with Crippen LogP contribution in [0.25, 0.3) is 0 Å². The topological polar surface area (TPSA) is 53.1 Å². The molecule has 18 heavy (non-hydrogen) atoms. The van der Waals surface area contributed by atoms with Gasteiger partial charge in [-0.1, -0.05) is 18.2 Å². The Morgan fingerprint density at radius 1 is 1.33 bits per heavy atom. The first-order chi connectivity index (χ1) is 8.70. The van der Waals surface area contributed by atoms with E-state index in [0.717, 1.165) is 29.3 Å². The summed E-state index contributed by atoms with van der Waals surface area (Å²) in [7, 11) is 1.98. The van der Waals surface area contributed by atoms with Crippen LogP contribution in [0.1, 0.15) is 17.1 Å². The molecule has 0 saturated heterocycles. The fraction of sp³-hybridized carbons (Fsp3) is 0.357. The molecule has 0 aliphatic carbocycles. The Bertz CT molecular complexity index is 520. The van der Waals surface area contributed by atoms with Crippen molar-refractivity contribution < 1.29 is 4.74 Å². The molecule has 1 heterocycles. The zero-order chi connectivity index (χ0) is 13.0. The predicted octanol–water partition coefficient (Wildman–Crippen LogP) is 1.81. The molecular weight excluding hydrogens is 226 g/mol. The van der Waals surface area contributed by atoms with Gasteiger partial charge in [-0.15, -0.1) is 0 Å². The number of nitrogens with zero attached hydrogens (tertiary/aromatic N) is 2. The van der Waals surface area contributed by atoms with Crippen LogP contribution in [0.2, 0.25) is 0 Å². The fourth-order valence-corrected chi connectivity index (χ4v) is 1.83. The van der Waals surface area contributed by atoms with Gasteiger partial charge < -0.3 is 15.0 Å². The van der Waals surface area contributed by atoms with E-state index >= 15 is 0 Å². The zero-order valence-electron chi connectivity index (χ0n) is 10.9. The third kappa shape index (κ3) is 2.90. The second-order valence-electron chi connectivity index (χ2n) is 4.35. The van der Waals surface area contributed by atoms with Gasteiger partial charge in [-0.25, -0.2) is 4.98 Å². The molecule has 0 spiro atoms. The number of hydrogen-bond donors (Lipinski definition) is 1. The Morgan fingerprint density at radius 2 is 2.11 bits per heavy atom. The standard InChI is InChI=1S/C14H19N3O/c1-11-5-3-4-6-13(11)18-10-14-16-12(7-8-15)9-17(14)2/h3-6,9H,7-8,10,15H2,1-2H3. The average molecular weight is 245 g/mol. The lowest BCUT2D eigenvalue weighted by atomic mass is 10.2. The molecule has 0 saturated carbocycles. The van der Waals surface area contributed by atoms with Crippen LogP contribution in [0, 0.1) is 6.92 Å². The first-order valence-corrected chi connectivity index (χ1v) is 6.10. The summed E-state index contributed by atoms with van der Waals surface area (Å²) >= 11 is 0. The van der Waals surface area contributed by atoms with E-state index in [1.807, 2.05) is 49.0 Å². The van der Waals surface area contributed by atoms with Crippen LogP contribution < -0.4 is 10.5 Å². The van der Waals surface area contributed by atoms with Crippen LogP contribution in [0.5, 0.6) is 5.75 Å². The van der Waals surface area contributed by atoms with Crippen molar-refractivity contribution in [2.24, 2.45) is 12.8 Å². The number of aryl methyl sites for hydroxylation is 2. The van der Waals surface area contributed by atoms with Crippen molar-refractivity contribution >= 4 is 0 Å². The van der Waals surface area contributed by atoms with E-state index in [0.29, 0.717) is 13.2 Å². The Hall–Kier alpha value is -1.81. The minimum atomic E-state index is 0.478. The number of para-hydroxylation sites is 1. The quantitative estimate of drug-likeness (QED) is 0.874. The van der Waals surface area contributed by atoms with Crippen molar-refractivity contribution in [1.29, 1.82) is 0 Å². The molecule has 2 N–H and O–H groups in total. The van der Waals surface area contributed by atoms with E-state index in [9.17, 15) is 0 Å². The smallest absolute Gasteiger partial charge is 0.146 e. The number of aromatic nitrogens is 2. The van der Waals surface area contributed by atoms with Crippen LogP contribution in [0.15, 0.2) is 30.5 Å². The lowest BCUT2D eigenvalue weighted by Gasteiger charge is -2.08. The molecule has 1 aromatic carbocycles. The van der Waals surface area contributed by atoms with Crippen molar-refractivity contribution in [3.63, 3.8) is 0 Å². The van der Waals surface area contributed by atoms with Crippen molar-refractivity contribution in [3.05, 3.63) is 47.5 Å². The second-order valence-corrected chi connectivity index (χ2v) is 4.35. The zero-order valence-corrected chi connectivity index (χ0v) is 10.9. The molecule has 2 aromatic rings. The van der Waals surface area contributed by atoms with Crippen molar-refractivity contribution in [2.75, 3.05) is 6.54 Å². The van der Waals surface area contributed by atoms with E-state index in [2.05, 4.69) is 4.98 Å². The largest absolute Gasteiger partial charge is 0.485 e. The van der Waals surface area contributed by atoms with Gasteiger partial charge in [-0.05, 0) is 25.1 Å². The van der Waals surface area contributed by atoms with Crippen LogP contribution in [-0.4, -0.2) is 16.1 Å². The molecule has 0 atom stereocenters. The average Bonchev–Trinajstić information content (AvgIpc) is 2.69. The lowest BCUT2D eigenvalue weighted by Crippen LogP contribution is -2.04. The SMILES string of the molecule is Cc1ccccc1OCc1nc(CCN)cn1C. The maximum atomic E-state index is 5.78. The molecule has 0 radical (unpaired) electrons. The van der Waals surface area contributed by atoms with Gasteiger partial charge >= 0.3 is 0 Å². The number of hydrogen-bond acceptors (Lipinski definition) is 3. The first kappa shape index (κ1) is 12.6. The summed E-state index contributed by atoms with van der Waals surface area (Å²) in [5.74, 6) is 1.82. The molecule has 0 unspecified atom stereocenters. The third-order valence-electron chi connectivity index (χ3n) is 2.87. The van der Waals surface area contributed by atoms with Crippen LogP contribution >= 0.6 is 0 Å². The normalized spacial score (nSPS) is 10.6. The van der Waals surface area contributed by atoms with Gasteiger partial charge in [0, 0.05) is 19.7 Å². The highest BCUT2D eigenvalue weighted by Gasteiger charge is 2.06. The van der Waals surface area contributed by atoms with Gasteiger partial charge in [-0.3, -0.25) is 0 Å². The molecule has 0 bridgehead atoms. The van der Waals surface area contributed by atoms with E-state index in [1.54, 1.807) is 0 Å². The fourth-order valence-electron chi connectivity index (χ4n) is 1.83. The molecular formula is C14H19N3O. The van der Waals surface area contributed by atoms with Gasteiger partial charge in [0.1, 0.15) is 18.2 Å². The highest BCUT2D eigenvalue weighted by molar-refractivity contribution is 5.31. The van der Waals surface area contributed by atoms with Crippen LogP contribution in [-0.2, 0) is 20.1 Å². The number of ether oxygens (including phenoxy) is 1. The molecule has 96 valence electrons. The van der Waals surface area contributed by atoms with Gasteiger partial charge in [0.05, 0.1) is 5.69 Å². The van der Waals surface area contributed by atoms with E-state index in [1.165, 1.54) is 0 Å². The van der Waals surface area contributed by atoms with Crippen molar-refractivity contribution in [2.45, 2.75) is 20.0 Å². The minimum absolute atomic E-state index is 0.478. The lowest BCUT2D eigenvalue weighted by molar-refractivity contribution is 0.289. The molecule has 1 aromatic heterocycles. The number of nitrogens with two attached hydrogens (primary N) is 1. The summed E-state index contributed by atoms with van der Waals surface area (Å²) in [6.45, 7) is 3.13. The summed E-state index contributed by atoms with van der Waals surface area (Å²) < 4.78 is 7.77. The summed E-state index contributed by atoms with van der Waals surface area (Å²) in [6.07, 6.45) is 2.81.